The number of hydrogen-bond acceptors (Lipinski definition) is 5. The molecule has 1 amide bonds. The lowest BCUT2D eigenvalue weighted by atomic mass is 10.0. The Morgan fingerprint density at radius 1 is 1.06 bits per heavy atom. The maximum Gasteiger partial charge on any atom is 0.359 e. The summed E-state index contributed by atoms with van der Waals surface area (Å²) in [5, 5.41) is 4.58. The summed E-state index contributed by atoms with van der Waals surface area (Å²) < 4.78 is 12.2. The van der Waals surface area contributed by atoms with E-state index in [2.05, 4.69) is 5.10 Å². The molecule has 1 aromatic heterocycles. The van der Waals surface area contributed by atoms with E-state index in [1.165, 1.54) is 0 Å². The quantitative estimate of drug-likeness (QED) is 0.574. The van der Waals surface area contributed by atoms with Gasteiger partial charge in [-0.1, -0.05) is 30.3 Å². The molecule has 0 fully saturated rings. The molecule has 2 aromatic carbocycles. The van der Waals surface area contributed by atoms with Gasteiger partial charge in [0, 0.05) is 25.1 Å². The highest BCUT2D eigenvalue weighted by molar-refractivity contribution is 5.90. The molecule has 0 bridgehead atoms. The third-order valence-corrected chi connectivity index (χ3v) is 5.39. The maximum atomic E-state index is 12.9. The molecule has 0 spiro atoms. The number of fused-ring (bicyclic) bond motifs is 1. The normalized spacial score (nSPS) is 12.9. The Labute approximate surface area is 181 Å². The molecule has 0 N–H and O–H groups in total. The van der Waals surface area contributed by atoms with Crippen LogP contribution in [0.15, 0.2) is 54.6 Å². The topological polar surface area (TPSA) is 73.7 Å². The van der Waals surface area contributed by atoms with E-state index in [1.807, 2.05) is 54.6 Å². The highest BCUT2D eigenvalue weighted by Crippen LogP contribution is 2.27. The number of benzene rings is 2. The first kappa shape index (κ1) is 20.7. The third-order valence-electron chi connectivity index (χ3n) is 5.39. The van der Waals surface area contributed by atoms with Gasteiger partial charge in [0.25, 0.3) is 0 Å². The predicted molar refractivity (Wildman–Crippen MR) is 115 cm³/mol. The minimum atomic E-state index is -0.469. The van der Waals surface area contributed by atoms with Crippen LogP contribution in [0, 0.1) is 0 Å². The molecule has 3 aromatic rings. The molecule has 0 atom stereocenters. The van der Waals surface area contributed by atoms with Gasteiger partial charge in [0.1, 0.15) is 5.75 Å². The average molecular weight is 419 g/mol. The average Bonchev–Trinajstić information content (AvgIpc) is 3.19. The minimum Gasteiger partial charge on any atom is -0.497 e. The van der Waals surface area contributed by atoms with Crippen LogP contribution >= 0.6 is 0 Å². The van der Waals surface area contributed by atoms with E-state index in [0.29, 0.717) is 25.9 Å². The number of rotatable bonds is 6. The standard InChI is InChI=1S/C24H25N3O4/c1-3-31-24(29)23-20-16-26(22(28)15-17-7-5-4-6-8-17)14-13-21(20)27(25-23)18-9-11-19(30-2)12-10-18/h4-12H,3,13-16H2,1-2H3. The van der Waals surface area contributed by atoms with Crippen molar-refractivity contribution in [3.05, 3.63) is 77.1 Å². The molecule has 0 unspecified atom stereocenters. The predicted octanol–water partition coefficient (Wildman–Crippen LogP) is 3.19. The van der Waals surface area contributed by atoms with Crippen LogP contribution in [0.3, 0.4) is 0 Å². The van der Waals surface area contributed by atoms with E-state index in [1.54, 1.807) is 23.6 Å². The molecule has 160 valence electrons. The van der Waals surface area contributed by atoms with Crippen molar-refractivity contribution in [3.63, 3.8) is 0 Å². The molecule has 0 radical (unpaired) electrons. The lowest BCUT2D eigenvalue weighted by Gasteiger charge is -2.28. The fourth-order valence-electron chi connectivity index (χ4n) is 3.81. The molecule has 0 saturated carbocycles. The molecule has 4 rings (SSSR count). The van der Waals surface area contributed by atoms with E-state index in [-0.39, 0.29) is 18.2 Å². The van der Waals surface area contributed by atoms with Gasteiger partial charge in [-0.05, 0) is 36.8 Å². The molecule has 7 nitrogen and oxygen atoms in total. The monoisotopic (exact) mass is 419 g/mol. The van der Waals surface area contributed by atoms with Crippen molar-refractivity contribution in [1.29, 1.82) is 0 Å². The van der Waals surface area contributed by atoms with Crippen LogP contribution < -0.4 is 4.74 Å². The van der Waals surface area contributed by atoms with Gasteiger partial charge in [-0.3, -0.25) is 4.79 Å². The smallest absolute Gasteiger partial charge is 0.359 e. The van der Waals surface area contributed by atoms with Crippen molar-refractivity contribution < 1.29 is 19.1 Å². The number of ether oxygens (including phenoxy) is 2. The zero-order valence-corrected chi connectivity index (χ0v) is 17.7. The SMILES string of the molecule is CCOC(=O)c1nn(-c2ccc(OC)cc2)c2c1CN(C(=O)Cc1ccccc1)CC2. The van der Waals surface area contributed by atoms with Gasteiger partial charge in [-0.2, -0.15) is 5.10 Å². The summed E-state index contributed by atoms with van der Waals surface area (Å²) in [5.41, 5.74) is 3.75. The number of esters is 1. The third kappa shape index (κ3) is 4.30. The highest BCUT2D eigenvalue weighted by Gasteiger charge is 2.31. The number of nitrogens with zero attached hydrogens (tertiary/aromatic N) is 3. The summed E-state index contributed by atoms with van der Waals surface area (Å²) >= 11 is 0. The Bertz CT molecular complexity index is 1070. The fraction of sp³-hybridized carbons (Fsp3) is 0.292. The van der Waals surface area contributed by atoms with Gasteiger partial charge in [0.05, 0.1) is 31.5 Å². The van der Waals surface area contributed by atoms with Gasteiger partial charge >= 0.3 is 5.97 Å². The van der Waals surface area contributed by atoms with Gasteiger partial charge in [-0.25, -0.2) is 9.48 Å². The van der Waals surface area contributed by atoms with Gasteiger partial charge in [0.2, 0.25) is 5.91 Å². The number of carbonyl (C=O) groups excluding carboxylic acids is 2. The van der Waals surface area contributed by atoms with Crippen LogP contribution in [0.25, 0.3) is 5.69 Å². The van der Waals surface area contributed by atoms with Gasteiger partial charge in [-0.15, -0.1) is 0 Å². The molecular weight excluding hydrogens is 394 g/mol. The molecular formula is C24H25N3O4. The first-order valence-electron chi connectivity index (χ1n) is 10.3. The molecule has 0 saturated heterocycles. The largest absolute Gasteiger partial charge is 0.497 e. The highest BCUT2D eigenvalue weighted by atomic mass is 16.5. The molecule has 7 heteroatoms. The van der Waals surface area contributed by atoms with Crippen LogP contribution in [0.2, 0.25) is 0 Å². The van der Waals surface area contributed by atoms with Crippen molar-refractivity contribution >= 4 is 11.9 Å². The van der Waals surface area contributed by atoms with Crippen molar-refractivity contribution in [1.82, 2.24) is 14.7 Å². The van der Waals surface area contributed by atoms with Crippen LogP contribution in [-0.4, -0.2) is 46.8 Å². The Morgan fingerprint density at radius 2 is 1.81 bits per heavy atom. The fourth-order valence-corrected chi connectivity index (χ4v) is 3.81. The molecule has 0 aliphatic carbocycles. The first-order chi connectivity index (χ1) is 15.1. The van der Waals surface area contributed by atoms with Gasteiger partial charge < -0.3 is 14.4 Å². The van der Waals surface area contributed by atoms with Crippen LogP contribution in [0.1, 0.15) is 34.2 Å². The first-order valence-corrected chi connectivity index (χ1v) is 10.3. The summed E-state index contributed by atoms with van der Waals surface area (Å²) in [5.74, 6) is 0.306. The Balaban J connectivity index is 1.64. The second-order valence-corrected chi connectivity index (χ2v) is 7.33. The minimum absolute atomic E-state index is 0.0313. The maximum absolute atomic E-state index is 12.9. The second kappa shape index (κ2) is 9.04. The van der Waals surface area contributed by atoms with E-state index in [4.69, 9.17) is 9.47 Å². The summed E-state index contributed by atoms with van der Waals surface area (Å²) in [6.45, 7) is 2.94. The van der Waals surface area contributed by atoms with Crippen molar-refractivity contribution in [2.45, 2.75) is 26.3 Å². The number of aromatic nitrogens is 2. The summed E-state index contributed by atoms with van der Waals surface area (Å²) in [6, 6.07) is 17.2. The molecule has 1 aliphatic rings. The number of carbonyl (C=O) groups is 2. The van der Waals surface area contributed by atoms with Crippen molar-refractivity contribution in [2.75, 3.05) is 20.3 Å². The molecule has 31 heavy (non-hydrogen) atoms. The van der Waals surface area contributed by atoms with Crippen molar-refractivity contribution in [3.8, 4) is 11.4 Å². The number of amides is 1. The number of hydrogen-bond donors (Lipinski definition) is 0. The van der Waals surface area contributed by atoms with E-state index in [0.717, 1.165) is 28.3 Å². The number of methoxy groups -OCH3 is 1. The van der Waals surface area contributed by atoms with Gasteiger partial charge in [0.15, 0.2) is 5.69 Å². The van der Waals surface area contributed by atoms with Crippen LogP contribution in [0.5, 0.6) is 5.75 Å². The second-order valence-electron chi connectivity index (χ2n) is 7.33. The van der Waals surface area contributed by atoms with E-state index >= 15 is 0 Å². The summed E-state index contributed by atoms with van der Waals surface area (Å²) in [6.07, 6.45) is 0.936. The van der Waals surface area contributed by atoms with E-state index in [9.17, 15) is 9.59 Å². The summed E-state index contributed by atoms with van der Waals surface area (Å²) in [4.78, 5) is 27.3. The zero-order valence-electron chi connectivity index (χ0n) is 17.7. The van der Waals surface area contributed by atoms with Crippen molar-refractivity contribution in [2.24, 2.45) is 0 Å². The Morgan fingerprint density at radius 3 is 2.48 bits per heavy atom. The lowest BCUT2D eigenvalue weighted by Crippen LogP contribution is -2.37. The Hall–Kier alpha value is -3.61. The van der Waals surface area contributed by atoms with Crippen LogP contribution in [-0.2, 0) is 28.9 Å². The van der Waals surface area contributed by atoms with E-state index < -0.39 is 5.97 Å². The zero-order chi connectivity index (χ0) is 21.8. The molecule has 1 aliphatic heterocycles. The van der Waals surface area contributed by atoms with Crippen LogP contribution in [0.4, 0.5) is 0 Å². The molecule has 2 heterocycles. The lowest BCUT2D eigenvalue weighted by molar-refractivity contribution is -0.131. The summed E-state index contributed by atoms with van der Waals surface area (Å²) in [7, 11) is 1.62. The Kier molecular flexibility index (Phi) is 6.02.